The fourth-order valence-electron chi connectivity index (χ4n) is 3.91. The van der Waals surface area contributed by atoms with Crippen LogP contribution in [0.4, 0.5) is 0 Å². The van der Waals surface area contributed by atoms with Crippen LogP contribution in [0, 0.1) is 29.6 Å². The molecular formula is C28H58O2. The van der Waals surface area contributed by atoms with Gasteiger partial charge in [0.15, 0.2) is 0 Å². The van der Waals surface area contributed by atoms with E-state index in [1.165, 1.54) is 76.2 Å². The van der Waals surface area contributed by atoms with Crippen LogP contribution in [0.15, 0.2) is 11.6 Å². The maximum atomic E-state index is 8.93. The van der Waals surface area contributed by atoms with Gasteiger partial charge in [-0.1, -0.05) is 105 Å². The van der Waals surface area contributed by atoms with Crippen LogP contribution in [-0.4, -0.2) is 23.4 Å². The highest BCUT2D eigenvalue weighted by molar-refractivity contribution is 5.03. The summed E-state index contributed by atoms with van der Waals surface area (Å²) in [5.41, 5.74) is 1.52. The van der Waals surface area contributed by atoms with E-state index in [1.54, 1.807) is 0 Å². The van der Waals surface area contributed by atoms with Gasteiger partial charge in [0.25, 0.3) is 0 Å². The van der Waals surface area contributed by atoms with Crippen LogP contribution in [0.25, 0.3) is 0 Å². The Kier molecular flexibility index (Phi) is 23.2. The average molecular weight is 427 g/mol. The van der Waals surface area contributed by atoms with Crippen molar-refractivity contribution >= 4 is 0 Å². The van der Waals surface area contributed by atoms with Gasteiger partial charge in [0, 0.05) is 13.2 Å². The van der Waals surface area contributed by atoms with Crippen molar-refractivity contribution in [2.45, 2.75) is 126 Å². The summed E-state index contributed by atoms with van der Waals surface area (Å²) in [6.45, 7) is 18.1. The third kappa shape index (κ3) is 18.4. The van der Waals surface area contributed by atoms with Crippen LogP contribution in [0.3, 0.4) is 0 Å². The van der Waals surface area contributed by atoms with Gasteiger partial charge >= 0.3 is 0 Å². The lowest BCUT2D eigenvalue weighted by atomic mass is 9.82. The van der Waals surface area contributed by atoms with Crippen molar-refractivity contribution in [1.29, 1.82) is 0 Å². The third-order valence-electron chi connectivity index (χ3n) is 6.69. The van der Waals surface area contributed by atoms with Crippen molar-refractivity contribution in [2.24, 2.45) is 29.6 Å². The van der Waals surface area contributed by atoms with E-state index in [9.17, 15) is 0 Å². The maximum absolute atomic E-state index is 8.93. The van der Waals surface area contributed by atoms with Gasteiger partial charge in [-0.15, -0.1) is 0 Å². The minimum atomic E-state index is 0.345. The van der Waals surface area contributed by atoms with E-state index in [-0.39, 0.29) is 0 Å². The Hall–Kier alpha value is -0.340. The molecule has 0 amide bonds. The van der Waals surface area contributed by atoms with Crippen LogP contribution >= 0.6 is 0 Å². The molecule has 0 aliphatic heterocycles. The second kappa shape index (κ2) is 21.9. The number of allylic oxidation sites excluding steroid dienone is 2. The zero-order chi connectivity index (χ0) is 23.4. The molecule has 1 fully saturated rings. The zero-order valence-corrected chi connectivity index (χ0v) is 22.1. The molecule has 182 valence electrons. The van der Waals surface area contributed by atoms with Gasteiger partial charge in [-0.3, -0.25) is 0 Å². The molecule has 0 spiro atoms. The summed E-state index contributed by atoms with van der Waals surface area (Å²) in [6.07, 6.45) is 16.9. The van der Waals surface area contributed by atoms with E-state index < -0.39 is 0 Å². The predicted molar refractivity (Wildman–Crippen MR) is 136 cm³/mol. The van der Waals surface area contributed by atoms with Crippen molar-refractivity contribution in [2.75, 3.05) is 13.2 Å². The Morgan fingerprint density at radius 2 is 1.43 bits per heavy atom. The molecule has 1 saturated carbocycles. The Bertz CT molecular complexity index is 359. The lowest BCUT2D eigenvalue weighted by Gasteiger charge is -2.24. The predicted octanol–water partition coefficient (Wildman–Crippen LogP) is 8.42. The van der Waals surface area contributed by atoms with Crippen molar-refractivity contribution < 1.29 is 10.2 Å². The lowest BCUT2D eigenvalue weighted by molar-refractivity contribution is 0.180. The summed E-state index contributed by atoms with van der Waals surface area (Å²) >= 11 is 0. The molecule has 0 bridgehead atoms. The molecule has 0 aromatic rings. The van der Waals surface area contributed by atoms with Gasteiger partial charge in [0.05, 0.1) is 0 Å². The smallest absolute Gasteiger partial charge is 0.0459 e. The Morgan fingerprint density at radius 3 is 1.80 bits per heavy atom. The number of aliphatic hydroxyl groups is 2. The zero-order valence-electron chi connectivity index (χ0n) is 22.1. The molecule has 0 aromatic carbocycles. The van der Waals surface area contributed by atoms with Crippen molar-refractivity contribution in [3.63, 3.8) is 0 Å². The summed E-state index contributed by atoms with van der Waals surface area (Å²) in [5, 5.41) is 17.6. The first-order chi connectivity index (χ1) is 14.3. The van der Waals surface area contributed by atoms with Gasteiger partial charge in [-0.25, -0.2) is 0 Å². The second-order valence-corrected chi connectivity index (χ2v) is 9.89. The third-order valence-corrected chi connectivity index (χ3v) is 6.69. The highest BCUT2D eigenvalue weighted by Gasteiger charge is 2.18. The summed E-state index contributed by atoms with van der Waals surface area (Å²) < 4.78 is 0. The highest BCUT2D eigenvalue weighted by Crippen LogP contribution is 2.28. The van der Waals surface area contributed by atoms with Crippen LogP contribution in [0.2, 0.25) is 0 Å². The first-order valence-corrected chi connectivity index (χ1v) is 13.2. The Morgan fingerprint density at radius 1 is 0.900 bits per heavy atom. The fourth-order valence-corrected chi connectivity index (χ4v) is 3.91. The molecule has 30 heavy (non-hydrogen) atoms. The monoisotopic (exact) mass is 426 g/mol. The number of hydrogen-bond donors (Lipinski definition) is 2. The second-order valence-electron chi connectivity index (χ2n) is 9.89. The molecule has 3 atom stereocenters. The van der Waals surface area contributed by atoms with E-state index in [2.05, 4.69) is 47.6 Å². The average Bonchev–Trinajstić information content (AvgIpc) is 2.78. The molecule has 2 aliphatic rings. The number of unbranched alkanes of at least 4 members (excludes halogenated alkanes) is 2. The van der Waals surface area contributed by atoms with E-state index in [1.807, 2.05) is 13.8 Å². The van der Waals surface area contributed by atoms with Gasteiger partial charge in [0.1, 0.15) is 0 Å². The Balaban J connectivity index is 0. The van der Waals surface area contributed by atoms with Crippen LogP contribution in [0.1, 0.15) is 126 Å². The number of rotatable bonds is 7. The lowest BCUT2D eigenvalue weighted by Crippen LogP contribution is -2.17. The van der Waals surface area contributed by atoms with Crippen molar-refractivity contribution in [1.82, 2.24) is 0 Å². The molecule has 0 aromatic heterocycles. The minimum absolute atomic E-state index is 0.345. The van der Waals surface area contributed by atoms with Crippen molar-refractivity contribution in [3.05, 3.63) is 11.6 Å². The molecule has 2 N–H and O–H groups in total. The normalized spacial score (nSPS) is 25.1. The summed E-state index contributed by atoms with van der Waals surface area (Å²) in [6, 6.07) is 0. The van der Waals surface area contributed by atoms with Gasteiger partial charge in [0.2, 0.25) is 0 Å². The van der Waals surface area contributed by atoms with Gasteiger partial charge in [-0.2, -0.15) is 0 Å². The molecule has 0 radical (unpaired) electrons. The maximum Gasteiger partial charge on any atom is 0.0459 e. The Labute approximate surface area is 190 Å². The molecule has 2 aliphatic carbocycles. The summed E-state index contributed by atoms with van der Waals surface area (Å²) in [5.74, 6) is 3.76. The number of aliphatic hydroxyl groups excluding tert-OH is 2. The number of hydrogen-bond acceptors (Lipinski definition) is 2. The summed E-state index contributed by atoms with van der Waals surface area (Å²) in [4.78, 5) is 0. The van der Waals surface area contributed by atoms with E-state index in [4.69, 9.17) is 10.2 Å². The summed E-state index contributed by atoms with van der Waals surface area (Å²) in [7, 11) is 0. The molecular weight excluding hydrogens is 368 g/mol. The first-order valence-electron chi connectivity index (χ1n) is 13.2. The van der Waals surface area contributed by atoms with Gasteiger partial charge in [-0.05, 0) is 62.2 Å². The molecule has 0 heterocycles. The molecule has 2 nitrogen and oxygen atoms in total. The molecule has 0 saturated heterocycles. The van der Waals surface area contributed by atoms with Crippen LogP contribution in [0.5, 0.6) is 0 Å². The van der Waals surface area contributed by atoms with E-state index in [0.29, 0.717) is 25.0 Å². The minimum Gasteiger partial charge on any atom is -0.396 e. The van der Waals surface area contributed by atoms with Crippen molar-refractivity contribution in [3.8, 4) is 0 Å². The molecule has 2 heteroatoms. The fraction of sp³-hybridized carbons (Fsp3) is 0.929. The largest absolute Gasteiger partial charge is 0.396 e. The topological polar surface area (TPSA) is 40.5 Å². The first kappa shape index (κ1) is 31.8. The van der Waals surface area contributed by atoms with Crippen LogP contribution in [-0.2, 0) is 0 Å². The quantitative estimate of drug-likeness (QED) is 0.317. The van der Waals surface area contributed by atoms with E-state index in [0.717, 1.165) is 17.8 Å². The van der Waals surface area contributed by atoms with Crippen LogP contribution < -0.4 is 0 Å². The SMILES string of the molecule is CC.CC1=CCC(C(C)CO)CC1.CC1CCC(C)CC1.CCCCCC(C)CO. The molecule has 3 unspecified atom stereocenters. The standard InChI is InChI=1S/C10H18O.C8H18O.C8H16.C2H6/c1-8-3-5-10(6-4-8)9(2)7-11;1-3-4-5-6-8(2)7-9;1-7-3-5-8(2)6-4-7;1-2/h3,9-11H,4-7H2,1-2H3;8-9H,3-7H2,1-2H3;7-8H,3-6H2,1-2H3;1-2H3. The van der Waals surface area contributed by atoms with Gasteiger partial charge < -0.3 is 10.2 Å². The molecule has 2 rings (SSSR count). The van der Waals surface area contributed by atoms with E-state index >= 15 is 0 Å². The highest BCUT2D eigenvalue weighted by atomic mass is 16.3.